The van der Waals surface area contributed by atoms with E-state index in [1.807, 2.05) is 13.0 Å². The molecule has 0 saturated carbocycles. The average Bonchev–Trinajstić information content (AvgIpc) is 2.32. The monoisotopic (exact) mass is 227 g/mol. The third-order valence-electron chi connectivity index (χ3n) is 2.41. The molecule has 0 bridgehead atoms. The fraction of sp³-hybridized carbons (Fsp3) is 0.0769. The highest BCUT2D eigenvalue weighted by molar-refractivity contribution is 5.62. The molecule has 0 aliphatic rings. The largest absolute Gasteiger partial charge is 0.354 e. The zero-order valence-electron chi connectivity index (χ0n) is 9.24. The molecule has 2 aromatic rings. The maximum atomic E-state index is 13.4. The number of hydrogen-bond donors (Lipinski definition) is 1. The Balaban J connectivity index is 2.29. The fourth-order valence-corrected chi connectivity index (χ4v) is 1.43. The molecule has 0 aliphatic carbocycles. The number of nitriles is 1. The van der Waals surface area contributed by atoms with Gasteiger partial charge in [-0.3, -0.25) is 4.98 Å². The van der Waals surface area contributed by atoms with Gasteiger partial charge in [0.05, 0.1) is 17.4 Å². The minimum atomic E-state index is -0.529. The predicted molar refractivity (Wildman–Crippen MR) is 63.4 cm³/mol. The molecule has 0 fully saturated rings. The molecule has 0 radical (unpaired) electrons. The second-order valence-electron chi connectivity index (χ2n) is 3.62. The number of pyridine rings is 1. The molecule has 0 unspecified atom stereocenters. The first-order chi connectivity index (χ1) is 8.20. The highest BCUT2D eigenvalue weighted by Crippen LogP contribution is 2.20. The number of anilines is 2. The summed E-state index contributed by atoms with van der Waals surface area (Å²) in [5.74, 6) is -0.529. The van der Waals surface area contributed by atoms with Gasteiger partial charge in [-0.05, 0) is 36.8 Å². The summed E-state index contributed by atoms with van der Waals surface area (Å²) in [5.41, 5.74) is 2.47. The number of rotatable bonds is 2. The van der Waals surface area contributed by atoms with Gasteiger partial charge in [0.2, 0.25) is 0 Å². The van der Waals surface area contributed by atoms with E-state index in [2.05, 4.69) is 10.3 Å². The maximum Gasteiger partial charge on any atom is 0.143 e. The topological polar surface area (TPSA) is 48.7 Å². The van der Waals surface area contributed by atoms with E-state index in [0.29, 0.717) is 5.69 Å². The Morgan fingerprint density at radius 2 is 2.18 bits per heavy atom. The molecular weight excluding hydrogens is 217 g/mol. The Morgan fingerprint density at radius 3 is 2.82 bits per heavy atom. The van der Waals surface area contributed by atoms with Crippen LogP contribution in [0.1, 0.15) is 11.1 Å². The Kier molecular flexibility index (Phi) is 3.01. The summed E-state index contributed by atoms with van der Waals surface area (Å²) in [4.78, 5) is 3.99. The number of benzene rings is 1. The summed E-state index contributed by atoms with van der Waals surface area (Å²) in [6, 6.07) is 8.05. The van der Waals surface area contributed by atoms with E-state index >= 15 is 0 Å². The summed E-state index contributed by atoms with van der Waals surface area (Å²) in [7, 11) is 0. The number of nitrogens with one attached hydrogen (secondary N) is 1. The van der Waals surface area contributed by atoms with Gasteiger partial charge in [0.25, 0.3) is 0 Å². The van der Waals surface area contributed by atoms with Gasteiger partial charge >= 0.3 is 0 Å². The Morgan fingerprint density at radius 1 is 1.35 bits per heavy atom. The first-order valence-corrected chi connectivity index (χ1v) is 5.08. The highest BCUT2D eigenvalue weighted by Gasteiger charge is 2.04. The Labute approximate surface area is 98.5 Å². The van der Waals surface area contributed by atoms with E-state index in [1.165, 1.54) is 12.1 Å². The van der Waals surface area contributed by atoms with Gasteiger partial charge in [0.1, 0.15) is 11.9 Å². The number of aromatic nitrogens is 1. The van der Waals surface area contributed by atoms with Gasteiger partial charge in [-0.2, -0.15) is 5.26 Å². The Hall–Kier alpha value is -2.41. The molecule has 0 saturated heterocycles. The molecule has 4 heteroatoms. The van der Waals surface area contributed by atoms with Crippen molar-refractivity contribution in [3.8, 4) is 6.07 Å². The quantitative estimate of drug-likeness (QED) is 0.857. The van der Waals surface area contributed by atoms with Crippen LogP contribution in [0.3, 0.4) is 0 Å². The van der Waals surface area contributed by atoms with Gasteiger partial charge in [-0.1, -0.05) is 0 Å². The molecule has 0 spiro atoms. The molecule has 84 valence electrons. The molecule has 1 aromatic carbocycles. The molecule has 17 heavy (non-hydrogen) atoms. The van der Waals surface area contributed by atoms with E-state index < -0.39 is 5.82 Å². The van der Waals surface area contributed by atoms with E-state index in [4.69, 9.17) is 5.26 Å². The molecule has 1 aromatic heterocycles. The number of nitrogens with zero attached hydrogens (tertiary/aromatic N) is 2. The van der Waals surface area contributed by atoms with Gasteiger partial charge in [0, 0.05) is 11.9 Å². The van der Waals surface area contributed by atoms with Gasteiger partial charge in [-0.15, -0.1) is 0 Å². The first-order valence-electron chi connectivity index (χ1n) is 5.08. The van der Waals surface area contributed by atoms with Crippen molar-refractivity contribution in [2.24, 2.45) is 0 Å². The zero-order valence-corrected chi connectivity index (χ0v) is 9.24. The van der Waals surface area contributed by atoms with Crippen molar-refractivity contribution in [1.29, 1.82) is 5.26 Å². The van der Waals surface area contributed by atoms with Crippen LogP contribution < -0.4 is 5.32 Å². The van der Waals surface area contributed by atoms with E-state index in [0.717, 1.165) is 11.3 Å². The minimum Gasteiger partial charge on any atom is -0.354 e. The summed E-state index contributed by atoms with van der Waals surface area (Å²) in [5, 5.41) is 11.7. The lowest BCUT2D eigenvalue weighted by atomic mass is 10.2. The molecule has 0 amide bonds. The predicted octanol–water partition coefficient (Wildman–Crippen LogP) is 3.14. The second kappa shape index (κ2) is 4.62. The van der Waals surface area contributed by atoms with Crippen molar-refractivity contribution in [3.05, 3.63) is 53.6 Å². The lowest BCUT2D eigenvalue weighted by Crippen LogP contribution is -1.95. The van der Waals surface area contributed by atoms with E-state index in [9.17, 15) is 4.39 Å². The van der Waals surface area contributed by atoms with Crippen LogP contribution in [-0.2, 0) is 0 Å². The third kappa shape index (κ3) is 2.40. The summed E-state index contributed by atoms with van der Waals surface area (Å²) in [6.45, 7) is 1.93. The van der Waals surface area contributed by atoms with Crippen molar-refractivity contribution < 1.29 is 4.39 Å². The molecule has 3 nitrogen and oxygen atoms in total. The molecular formula is C13H10FN3. The van der Waals surface area contributed by atoms with Crippen LogP contribution in [0.4, 0.5) is 15.8 Å². The maximum absolute atomic E-state index is 13.4. The smallest absolute Gasteiger partial charge is 0.143 e. The minimum absolute atomic E-state index is 0.0402. The van der Waals surface area contributed by atoms with E-state index in [1.54, 1.807) is 24.5 Å². The fourth-order valence-electron chi connectivity index (χ4n) is 1.43. The van der Waals surface area contributed by atoms with Gasteiger partial charge in [-0.25, -0.2) is 4.39 Å². The zero-order chi connectivity index (χ0) is 12.3. The van der Waals surface area contributed by atoms with Crippen molar-refractivity contribution in [1.82, 2.24) is 4.98 Å². The number of hydrogen-bond acceptors (Lipinski definition) is 3. The average molecular weight is 227 g/mol. The lowest BCUT2D eigenvalue weighted by Gasteiger charge is -2.08. The second-order valence-corrected chi connectivity index (χ2v) is 3.62. The first kappa shape index (κ1) is 11.1. The van der Waals surface area contributed by atoms with Crippen molar-refractivity contribution >= 4 is 11.4 Å². The van der Waals surface area contributed by atoms with Gasteiger partial charge in [0.15, 0.2) is 0 Å². The van der Waals surface area contributed by atoms with Crippen molar-refractivity contribution in [2.75, 3.05) is 5.32 Å². The SMILES string of the molecule is Cc1ccncc1Nc1ccc(C#N)c(F)c1. The van der Waals surface area contributed by atoms with Crippen LogP contribution >= 0.6 is 0 Å². The lowest BCUT2D eigenvalue weighted by molar-refractivity contribution is 0.624. The number of aryl methyl sites for hydroxylation is 1. The third-order valence-corrected chi connectivity index (χ3v) is 2.41. The summed E-state index contributed by atoms with van der Waals surface area (Å²) < 4.78 is 13.4. The van der Waals surface area contributed by atoms with Crippen LogP contribution in [0.2, 0.25) is 0 Å². The van der Waals surface area contributed by atoms with Gasteiger partial charge < -0.3 is 5.32 Å². The normalized spacial score (nSPS) is 9.71. The van der Waals surface area contributed by atoms with Crippen LogP contribution in [0.25, 0.3) is 0 Å². The van der Waals surface area contributed by atoms with Crippen LogP contribution in [0, 0.1) is 24.1 Å². The summed E-state index contributed by atoms with van der Waals surface area (Å²) >= 11 is 0. The van der Waals surface area contributed by atoms with Crippen LogP contribution in [0.5, 0.6) is 0 Å². The van der Waals surface area contributed by atoms with E-state index in [-0.39, 0.29) is 5.56 Å². The number of halogens is 1. The Bertz CT molecular complexity index is 587. The molecule has 0 atom stereocenters. The standard InChI is InChI=1S/C13H10FN3/c1-9-4-5-16-8-13(9)17-11-3-2-10(7-15)12(14)6-11/h2-6,8,17H,1H3. The highest BCUT2D eigenvalue weighted by atomic mass is 19.1. The van der Waals surface area contributed by atoms with Crippen molar-refractivity contribution in [3.63, 3.8) is 0 Å². The van der Waals surface area contributed by atoms with Crippen molar-refractivity contribution in [2.45, 2.75) is 6.92 Å². The summed E-state index contributed by atoms with van der Waals surface area (Å²) in [6.07, 6.45) is 3.37. The molecule has 1 heterocycles. The molecule has 0 aliphatic heterocycles. The van der Waals surface area contributed by atoms with Crippen LogP contribution in [0.15, 0.2) is 36.7 Å². The molecule has 2 rings (SSSR count). The molecule has 1 N–H and O–H groups in total. The van der Waals surface area contributed by atoms with Crippen LogP contribution in [-0.4, -0.2) is 4.98 Å².